The highest BCUT2D eigenvalue weighted by Crippen LogP contribution is 2.22. The first kappa shape index (κ1) is 16.6. The van der Waals surface area contributed by atoms with E-state index in [1.54, 1.807) is 19.9 Å². The summed E-state index contributed by atoms with van der Waals surface area (Å²) in [6.07, 6.45) is 0.489. The molecule has 1 rings (SSSR count). The molecular formula is C13H20N2O4S. The van der Waals surface area contributed by atoms with Crippen molar-refractivity contribution >= 4 is 21.6 Å². The number of ether oxygens (including phenoxy) is 1. The fraction of sp³-hybridized carbons (Fsp3) is 0.462. The fourth-order valence-corrected chi connectivity index (χ4v) is 2.10. The largest absolute Gasteiger partial charge is 0.369 e. The first-order valence-corrected chi connectivity index (χ1v) is 7.68. The summed E-state index contributed by atoms with van der Waals surface area (Å²) in [6, 6.07) is 4.33. The molecule has 1 unspecified atom stereocenters. The average Bonchev–Trinajstić information content (AvgIpc) is 2.38. The Morgan fingerprint density at radius 1 is 1.45 bits per heavy atom. The van der Waals surface area contributed by atoms with Crippen LogP contribution in [0.3, 0.4) is 0 Å². The van der Waals surface area contributed by atoms with Gasteiger partial charge >= 0.3 is 0 Å². The van der Waals surface area contributed by atoms with Gasteiger partial charge in [0.1, 0.15) is 5.60 Å². The number of benzene rings is 1. The van der Waals surface area contributed by atoms with E-state index in [1.165, 1.54) is 19.2 Å². The Kier molecular flexibility index (Phi) is 4.90. The maximum absolute atomic E-state index is 12.2. The molecule has 1 atom stereocenters. The number of hydrogen-bond donors (Lipinski definition) is 2. The lowest BCUT2D eigenvalue weighted by Gasteiger charge is -2.25. The smallest absolute Gasteiger partial charge is 0.256 e. The van der Waals surface area contributed by atoms with Crippen LogP contribution in [-0.2, 0) is 19.6 Å². The molecule has 1 aromatic carbocycles. The summed E-state index contributed by atoms with van der Waals surface area (Å²) in [4.78, 5) is 12.1. The van der Waals surface area contributed by atoms with Crippen molar-refractivity contribution < 1.29 is 17.9 Å². The third kappa shape index (κ3) is 3.56. The normalized spacial score (nSPS) is 14.7. The second-order valence-electron chi connectivity index (χ2n) is 4.76. The van der Waals surface area contributed by atoms with Crippen LogP contribution in [0.1, 0.15) is 25.8 Å². The Morgan fingerprint density at radius 2 is 2.05 bits per heavy atom. The van der Waals surface area contributed by atoms with Crippen molar-refractivity contribution in [2.24, 2.45) is 5.14 Å². The van der Waals surface area contributed by atoms with Crippen LogP contribution in [0.5, 0.6) is 0 Å². The predicted octanol–water partition coefficient (Wildman–Crippen LogP) is 1.40. The summed E-state index contributed by atoms with van der Waals surface area (Å²) in [7, 11) is -2.35. The Morgan fingerprint density at radius 3 is 2.50 bits per heavy atom. The Bertz CT molecular complexity index is 607. The average molecular weight is 300 g/mol. The number of amides is 1. The van der Waals surface area contributed by atoms with Crippen LogP contribution >= 0.6 is 0 Å². The van der Waals surface area contributed by atoms with Gasteiger partial charge in [-0.1, -0.05) is 13.0 Å². The summed E-state index contributed by atoms with van der Waals surface area (Å²) in [5, 5.41) is 7.76. The van der Waals surface area contributed by atoms with Crippen molar-refractivity contribution in [2.75, 3.05) is 12.4 Å². The van der Waals surface area contributed by atoms with Crippen LogP contribution in [0.25, 0.3) is 0 Å². The third-order valence-electron chi connectivity index (χ3n) is 3.39. The molecule has 0 aromatic heterocycles. The second kappa shape index (κ2) is 5.90. The molecule has 0 heterocycles. The van der Waals surface area contributed by atoms with Crippen molar-refractivity contribution in [1.29, 1.82) is 0 Å². The summed E-state index contributed by atoms with van der Waals surface area (Å²) in [5.74, 6) is -0.336. The van der Waals surface area contributed by atoms with Crippen LogP contribution < -0.4 is 10.5 Å². The zero-order valence-corrected chi connectivity index (χ0v) is 12.9. The van der Waals surface area contributed by atoms with Crippen molar-refractivity contribution in [3.63, 3.8) is 0 Å². The molecular weight excluding hydrogens is 280 g/mol. The summed E-state index contributed by atoms with van der Waals surface area (Å²) >= 11 is 0. The van der Waals surface area contributed by atoms with Gasteiger partial charge in [0.15, 0.2) is 0 Å². The van der Waals surface area contributed by atoms with E-state index in [4.69, 9.17) is 9.88 Å². The number of sulfonamides is 1. The SMILES string of the molecule is CCC(C)(OC)C(=O)Nc1cc(S(N)(=O)=O)ccc1C. The van der Waals surface area contributed by atoms with Crippen molar-refractivity contribution in [3.8, 4) is 0 Å². The Hall–Kier alpha value is -1.44. The van der Waals surface area contributed by atoms with E-state index in [9.17, 15) is 13.2 Å². The minimum atomic E-state index is -3.81. The minimum absolute atomic E-state index is 0.0472. The van der Waals surface area contributed by atoms with E-state index < -0.39 is 15.6 Å². The lowest BCUT2D eigenvalue weighted by atomic mass is 10.0. The number of methoxy groups -OCH3 is 1. The highest BCUT2D eigenvalue weighted by Gasteiger charge is 2.31. The number of nitrogens with one attached hydrogen (secondary N) is 1. The topological polar surface area (TPSA) is 98.5 Å². The molecule has 20 heavy (non-hydrogen) atoms. The van der Waals surface area contributed by atoms with Gasteiger partial charge in [-0.2, -0.15) is 0 Å². The van der Waals surface area contributed by atoms with Gasteiger partial charge in [0.25, 0.3) is 5.91 Å². The van der Waals surface area contributed by atoms with Crippen molar-refractivity contribution in [3.05, 3.63) is 23.8 Å². The summed E-state index contributed by atoms with van der Waals surface area (Å²) in [6.45, 7) is 5.26. The number of carbonyl (C=O) groups is 1. The molecule has 0 saturated carbocycles. The highest BCUT2D eigenvalue weighted by atomic mass is 32.2. The molecule has 0 aliphatic carbocycles. The van der Waals surface area contributed by atoms with Gasteiger partial charge < -0.3 is 10.1 Å². The molecule has 1 amide bonds. The van der Waals surface area contributed by atoms with Gasteiger partial charge in [0.05, 0.1) is 4.90 Å². The van der Waals surface area contributed by atoms with Crippen LogP contribution in [0.4, 0.5) is 5.69 Å². The number of primary sulfonamides is 1. The van der Waals surface area contributed by atoms with E-state index in [2.05, 4.69) is 5.32 Å². The molecule has 1 aromatic rings. The molecule has 0 radical (unpaired) electrons. The summed E-state index contributed by atoms with van der Waals surface area (Å²) < 4.78 is 27.9. The predicted molar refractivity (Wildman–Crippen MR) is 76.9 cm³/mol. The van der Waals surface area contributed by atoms with Gasteiger partial charge in [0.2, 0.25) is 10.0 Å². The molecule has 6 nitrogen and oxygen atoms in total. The zero-order chi connectivity index (χ0) is 15.6. The standard InChI is InChI=1S/C13H20N2O4S/c1-5-13(3,19-4)12(16)15-11-8-10(20(14,17)18)7-6-9(11)2/h6-8H,5H2,1-4H3,(H,15,16)(H2,14,17,18). The monoisotopic (exact) mass is 300 g/mol. The molecule has 0 bridgehead atoms. The highest BCUT2D eigenvalue weighted by molar-refractivity contribution is 7.89. The molecule has 0 spiro atoms. The first-order valence-electron chi connectivity index (χ1n) is 6.14. The van der Waals surface area contributed by atoms with E-state index in [0.717, 1.165) is 5.56 Å². The number of hydrogen-bond acceptors (Lipinski definition) is 4. The lowest BCUT2D eigenvalue weighted by molar-refractivity contribution is -0.136. The first-order chi connectivity index (χ1) is 9.14. The maximum atomic E-state index is 12.2. The van der Waals surface area contributed by atoms with Crippen molar-refractivity contribution in [1.82, 2.24) is 0 Å². The molecule has 0 aliphatic rings. The van der Waals surface area contributed by atoms with Gasteiger partial charge in [-0.25, -0.2) is 13.6 Å². The second-order valence-corrected chi connectivity index (χ2v) is 6.33. The van der Waals surface area contributed by atoms with E-state index in [-0.39, 0.29) is 10.8 Å². The molecule has 0 saturated heterocycles. The number of rotatable bonds is 5. The van der Waals surface area contributed by atoms with Gasteiger partial charge in [-0.05, 0) is 38.0 Å². The van der Waals surface area contributed by atoms with E-state index in [1.807, 2.05) is 6.92 Å². The van der Waals surface area contributed by atoms with Crippen molar-refractivity contribution in [2.45, 2.75) is 37.7 Å². The quantitative estimate of drug-likeness (QED) is 0.858. The maximum Gasteiger partial charge on any atom is 0.256 e. The zero-order valence-electron chi connectivity index (χ0n) is 12.1. The lowest BCUT2D eigenvalue weighted by Crippen LogP contribution is -2.41. The molecule has 7 heteroatoms. The Labute approximate surface area is 119 Å². The Balaban J connectivity index is 3.13. The van der Waals surface area contributed by atoms with E-state index in [0.29, 0.717) is 12.1 Å². The number of aryl methyl sites for hydroxylation is 1. The number of nitrogens with two attached hydrogens (primary N) is 1. The minimum Gasteiger partial charge on any atom is -0.369 e. The van der Waals surface area contributed by atoms with Crippen LogP contribution in [0.15, 0.2) is 23.1 Å². The van der Waals surface area contributed by atoms with E-state index >= 15 is 0 Å². The van der Waals surface area contributed by atoms with Gasteiger partial charge in [-0.15, -0.1) is 0 Å². The van der Waals surface area contributed by atoms with Crippen LogP contribution in [-0.4, -0.2) is 27.0 Å². The molecule has 0 aliphatic heterocycles. The molecule has 0 fully saturated rings. The molecule has 3 N–H and O–H groups in total. The summed E-state index contributed by atoms with van der Waals surface area (Å²) in [5.41, 5.74) is 0.169. The number of anilines is 1. The third-order valence-corrected chi connectivity index (χ3v) is 4.30. The molecule has 112 valence electrons. The van der Waals surface area contributed by atoms with Gasteiger partial charge in [0, 0.05) is 12.8 Å². The van der Waals surface area contributed by atoms with Crippen LogP contribution in [0, 0.1) is 6.92 Å². The van der Waals surface area contributed by atoms with Crippen LogP contribution in [0.2, 0.25) is 0 Å². The fourth-order valence-electron chi connectivity index (χ4n) is 1.56. The van der Waals surface area contributed by atoms with Gasteiger partial charge in [-0.3, -0.25) is 4.79 Å². The number of carbonyl (C=O) groups excluding carboxylic acids is 1.